The minimum absolute atomic E-state index is 0.113. The van der Waals surface area contributed by atoms with Gasteiger partial charge in [-0.05, 0) is 30.9 Å². The molecular formula is C13H17NO4. The maximum Gasteiger partial charge on any atom is 0.371 e. The second kappa shape index (κ2) is 5.25. The predicted molar refractivity (Wildman–Crippen MR) is 64.6 cm³/mol. The van der Waals surface area contributed by atoms with Crippen molar-refractivity contribution in [3.63, 3.8) is 0 Å². The van der Waals surface area contributed by atoms with E-state index in [1.54, 1.807) is 4.90 Å². The lowest BCUT2D eigenvalue weighted by Gasteiger charge is -2.30. The molecule has 0 atom stereocenters. The Bertz CT molecular complexity index is 444. The van der Waals surface area contributed by atoms with Gasteiger partial charge in [-0.25, -0.2) is 4.79 Å². The van der Waals surface area contributed by atoms with E-state index in [4.69, 9.17) is 9.52 Å². The Morgan fingerprint density at radius 3 is 2.44 bits per heavy atom. The zero-order valence-corrected chi connectivity index (χ0v) is 10.4. The van der Waals surface area contributed by atoms with E-state index < -0.39 is 5.97 Å². The Hall–Kier alpha value is -1.78. The average molecular weight is 251 g/mol. The van der Waals surface area contributed by atoms with Crippen molar-refractivity contribution >= 4 is 11.9 Å². The zero-order chi connectivity index (χ0) is 13.1. The number of hydrogen-bond acceptors (Lipinski definition) is 3. The largest absolute Gasteiger partial charge is 0.475 e. The molecule has 2 rings (SSSR count). The van der Waals surface area contributed by atoms with Crippen LogP contribution in [0.1, 0.15) is 47.3 Å². The van der Waals surface area contributed by atoms with Crippen LogP contribution in [0.2, 0.25) is 0 Å². The first-order valence-corrected chi connectivity index (χ1v) is 6.24. The zero-order valence-electron chi connectivity index (χ0n) is 10.4. The van der Waals surface area contributed by atoms with Crippen molar-refractivity contribution in [2.75, 3.05) is 13.1 Å². The quantitative estimate of drug-likeness (QED) is 0.894. The lowest BCUT2D eigenvalue weighted by molar-refractivity contribution is 0.0628. The summed E-state index contributed by atoms with van der Waals surface area (Å²) in [4.78, 5) is 24.5. The van der Waals surface area contributed by atoms with Gasteiger partial charge in [0.15, 0.2) is 5.76 Å². The third-order valence-electron chi connectivity index (χ3n) is 3.51. The van der Waals surface area contributed by atoms with Crippen molar-refractivity contribution in [1.29, 1.82) is 0 Å². The van der Waals surface area contributed by atoms with Crippen LogP contribution in [0.15, 0.2) is 16.5 Å². The molecule has 0 aliphatic carbocycles. The number of likely N-dealkylation sites (tertiary alicyclic amines) is 1. The fraction of sp³-hybridized carbons (Fsp3) is 0.538. The molecule has 98 valence electrons. The number of carbonyl (C=O) groups excluding carboxylic acids is 1. The molecule has 1 fully saturated rings. The van der Waals surface area contributed by atoms with E-state index in [2.05, 4.69) is 6.92 Å². The van der Waals surface area contributed by atoms with Crippen molar-refractivity contribution in [2.45, 2.75) is 26.2 Å². The van der Waals surface area contributed by atoms with E-state index in [-0.39, 0.29) is 17.4 Å². The Balaban J connectivity index is 2.01. The molecule has 0 radical (unpaired) electrons. The number of carboxylic acids is 1. The Labute approximate surface area is 105 Å². The molecule has 1 aromatic rings. The third kappa shape index (κ3) is 2.55. The highest BCUT2D eigenvalue weighted by molar-refractivity contribution is 5.93. The number of hydrogen-bond donors (Lipinski definition) is 1. The van der Waals surface area contributed by atoms with E-state index >= 15 is 0 Å². The number of carboxylic acid groups (broad SMARTS) is 1. The summed E-state index contributed by atoms with van der Waals surface area (Å²) in [5.74, 6) is -0.750. The molecule has 1 N–H and O–H groups in total. The predicted octanol–water partition coefficient (Wildman–Crippen LogP) is 2.24. The fourth-order valence-corrected chi connectivity index (χ4v) is 2.27. The highest BCUT2D eigenvalue weighted by Crippen LogP contribution is 2.21. The van der Waals surface area contributed by atoms with Crippen LogP contribution in [0.3, 0.4) is 0 Å². The summed E-state index contributed by atoms with van der Waals surface area (Å²) >= 11 is 0. The van der Waals surface area contributed by atoms with Crippen LogP contribution in [0.5, 0.6) is 0 Å². The van der Waals surface area contributed by atoms with Gasteiger partial charge in [0.05, 0.1) is 0 Å². The van der Waals surface area contributed by atoms with Gasteiger partial charge in [0.2, 0.25) is 5.76 Å². The maximum atomic E-state index is 12.1. The first-order chi connectivity index (χ1) is 8.61. The summed E-state index contributed by atoms with van der Waals surface area (Å²) in [6, 6.07) is 2.74. The van der Waals surface area contributed by atoms with Crippen LogP contribution in [0.4, 0.5) is 0 Å². The summed E-state index contributed by atoms with van der Waals surface area (Å²) in [6.45, 7) is 3.61. The molecule has 5 heteroatoms. The number of nitrogens with zero attached hydrogens (tertiary/aromatic N) is 1. The lowest BCUT2D eigenvalue weighted by Crippen LogP contribution is -2.38. The van der Waals surface area contributed by atoms with E-state index in [9.17, 15) is 9.59 Å². The topological polar surface area (TPSA) is 70.8 Å². The highest BCUT2D eigenvalue weighted by Gasteiger charge is 2.25. The first kappa shape index (κ1) is 12.7. The molecule has 0 aromatic carbocycles. The minimum Gasteiger partial charge on any atom is -0.475 e. The van der Waals surface area contributed by atoms with Crippen molar-refractivity contribution in [1.82, 2.24) is 4.90 Å². The number of furan rings is 1. The van der Waals surface area contributed by atoms with Crippen LogP contribution in [-0.4, -0.2) is 35.0 Å². The number of amides is 1. The molecule has 0 spiro atoms. The molecule has 5 nitrogen and oxygen atoms in total. The Morgan fingerprint density at radius 1 is 1.33 bits per heavy atom. The Kier molecular flexibility index (Phi) is 3.69. The molecule has 1 saturated heterocycles. The van der Waals surface area contributed by atoms with Crippen LogP contribution in [0.25, 0.3) is 0 Å². The van der Waals surface area contributed by atoms with Crippen LogP contribution in [0, 0.1) is 5.92 Å². The second-order valence-electron chi connectivity index (χ2n) is 4.61. The minimum atomic E-state index is -1.15. The summed E-state index contributed by atoms with van der Waals surface area (Å²) in [7, 11) is 0. The molecular weight excluding hydrogens is 234 g/mol. The van der Waals surface area contributed by atoms with Crippen molar-refractivity contribution in [2.24, 2.45) is 5.92 Å². The van der Waals surface area contributed by atoms with Crippen LogP contribution < -0.4 is 0 Å². The number of piperidine rings is 1. The summed E-state index contributed by atoms with van der Waals surface area (Å²) in [5, 5.41) is 8.74. The molecule has 2 heterocycles. The highest BCUT2D eigenvalue weighted by atomic mass is 16.4. The number of aromatic carboxylic acids is 1. The standard InChI is InChI=1S/C13H17NO4/c1-2-9-5-7-14(8-6-9)12(15)10-3-4-11(18-10)13(16)17/h3-4,9H,2,5-8H2,1H3,(H,16,17). The first-order valence-electron chi connectivity index (χ1n) is 6.24. The Morgan fingerprint density at radius 2 is 1.94 bits per heavy atom. The van der Waals surface area contributed by atoms with Gasteiger partial charge in [-0.2, -0.15) is 0 Å². The van der Waals surface area contributed by atoms with E-state index in [0.29, 0.717) is 5.92 Å². The van der Waals surface area contributed by atoms with Gasteiger partial charge in [0.1, 0.15) is 0 Å². The van der Waals surface area contributed by atoms with Crippen molar-refractivity contribution < 1.29 is 19.1 Å². The fourth-order valence-electron chi connectivity index (χ4n) is 2.27. The monoisotopic (exact) mass is 251 g/mol. The van der Waals surface area contributed by atoms with Gasteiger partial charge in [0, 0.05) is 13.1 Å². The van der Waals surface area contributed by atoms with E-state index in [0.717, 1.165) is 32.4 Å². The van der Waals surface area contributed by atoms with Gasteiger partial charge < -0.3 is 14.4 Å². The molecule has 1 aliphatic heterocycles. The smallest absolute Gasteiger partial charge is 0.371 e. The van der Waals surface area contributed by atoms with Crippen LogP contribution >= 0.6 is 0 Å². The number of carbonyl (C=O) groups is 2. The lowest BCUT2D eigenvalue weighted by atomic mass is 9.94. The van der Waals surface area contributed by atoms with E-state index in [1.807, 2.05) is 0 Å². The summed E-state index contributed by atoms with van der Waals surface area (Å²) in [6.07, 6.45) is 3.16. The number of rotatable bonds is 3. The van der Waals surface area contributed by atoms with Crippen LogP contribution in [-0.2, 0) is 0 Å². The van der Waals surface area contributed by atoms with Gasteiger partial charge in [0.25, 0.3) is 5.91 Å². The van der Waals surface area contributed by atoms with Gasteiger partial charge in [-0.15, -0.1) is 0 Å². The summed E-state index contributed by atoms with van der Waals surface area (Å²) < 4.78 is 5.02. The van der Waals surface area contributed by atoms with Gasteiger partial charge in [-0.3, -0.25) is 4.79 Å². The SMILES string of the molecule is CCC1CCN(C(=O)c2ccc(C(=O)O)o2)CC1. The normalized spacial score (nSPS) is 16.8. The molecule has 1 aliphatic rings. The van der Waals surface area contributed by atoms with Crippen molar-refractivity contribution in [3.8, 4) is 0 Å². The molecule has 0 unspecified atom stereocenters. The summed E-state index contributed by atoms with van der Waals surface area (Å²) in [5.41, 5.74) is 0. The molecule has 18 heavy (non-hydrogen) atoms. The van der Waals surface area contributed by atoms with Gasteiger partial charge in [-0.1, -0.05) is 13.3 Å². The van der Waals surface area contributed by atoms with Gasteiger partial charge >= 0.3 is 5.97 Å². The molecule has 0 bridgehead atoms. The third-order valence-corrected chi connectivity index (χ3v) is 3.51. The molecule has 0 saturated carbocycles. The second-order valence-corrected chi connectivity index (χ2v) is 4.61. The average Bonchev–Trinajstić information content (AvgIpc) is 2.88. The van der Waals surface area contributed by atoms with Crippen molar-refractivity contribution in [3.05, 3.63) is 23.7 Å². The maximum absolute atomic E-state index is 12.1. The molecule has 1 aromatic heterocycles. The van der Waals surface area contributed by atoms with E-state index in [1.165, 1.54) is 12.1 Å². The molecule has 1 amide bonds.